The second-order valence-corrected chi connectivity index (χ2v) is 4.88. The van der Waals surface area contributed by atoms with Crippen LogP contribution in [0.3, 0.4) is 0 Å². The molecular weight excluding hydrogens is 268 g/mol. The minimum absolute atomic E-state index is 0.0632. The predicted molar refractivity (Wildman–Crippen MR) is 58.3 cm³/mol. The highest BCUT2D eigenvalue weighted by Gasteiger charge is 2.33. The average Bonchev–Trinajstić information content (AvgIpc) is 2.71. The van der Waals surface area contributed by atoms with Crippen molar-refractivity contribution in [2.75, 3.05) is 16.8 Å². The van der Waals surface area contributed by atoms with Gasteiger partial charge in [-0.25, -0.2) is 14.7 Å². The van der Waals surface area contributed by atoms with E-state index in [9.17, 15) is 4.79 Å². The molecule has 0 radical (unpaired) electrons. The van der Waals surface area contributed by atoms with E-state index in [-0.39, 0.29) is 12.2 Å². The van der Waals surface area contributed by atoms with Gasteiger partial charge in [-0.05, 0) is 6.92 Å². The van der Waals surface area contributed by atoms with Crippen LogP contribution in [0.2, 0.25) is 0 Å². The number of cyclic esters (lactones) is 1. The normalized spacial score (nSPS) is 21.4. The molecule has 1 atom stereocenters. The number of hydrogen-bond donors (Lipinski definition) is 0. The summed E-state index contributed by atoms with van der Waals surface area (Å²) in [6.07, 6.45) is 1.39. The van der Waals surface area contributed by atoms with Crippen LogP contribution in [-0.2, 0) is 4.74 Å². The van der Waals surface area contributed by atoms with Crippen molar-refractivity contribution < 1.29 is 9.53 Å². The smallest absolute Gasteiger partial charge is 0.416 e. The van der Waals surface area contributed by atoms with E-state index in [1.807, 2.05) is 6.92 Å². The molecule has 1 amide bonds. The third-order valence-corrected chi connectivity index (χ3v) is 3.54. The molecule has 2 rings (SSSR count). The van der Waals surface area contributed by atoms with Gasteiger partial charge in [0.05, 0.1) is 6.54 Å². The van der Waals surface area contributed by atoms with Crippen LogP contribution >= 0.6 is 27.3 Å². The molecule has 0 N–H and O–H groups in total. The highest BCUT2D eigenvalue weighted by atomic mass is 79.9. The van der Waals surface area contributed by atoms with E-state index in [1.54, 1.807) is 11.1 Å². The van der Waals surface area contributed by atoms with Gasteiger partial charge in [0.2, 0.25) is 0 Å². The second-order valence-electron chi connectivity index (χ2n) is 3.02. The van der Waals surface area contributed by atoms with Gasteiger partial charge in [-0.3, -0.25) is 0 Å². The van der Waals surface area contributed by atoms with E-state index in [1.165, 1.54) is 11.3 Å². The third kappa shape index (κ3) is 1.76. The number of aryl methyl sites for hydroxylation is 1. The van der Waals surface area contributed by atoms with E-state index < -0.39 is 0 Å². The molecule has 1 aliphatic rings. The lowest BCUT2D eigenvalue weighted by Gasteiger charge is -2.06. The van der Waals surface area contributed by atoms with Crippen LogP contribution in [0, 0.1) is 6.92 Å². The second kappa shape index (κ2) is 3.86. The molecule has 2 heterocycles. The molecule has 1 aromatic rings. The Kier molecular flexibility index (Phi) is 2.73. The summed E-state index contributed by atoms with van der Waals surface area (Å²) in [6.45, 7) is 2.54. The zero-order valence-corrected chi connectivity index (χ0v) is 9.97. The summed E-state index contributed by atoms with van der Waals surface area (Å²) in [5, 5.41) is 1.38. The maximum atomic E-state index is 11.4. The molecule has 0 spiro atoms. The molecule has 1 fully saturated rings. The topological polar surface area (TPSA) is 42.4 Å². The van der Waals surface area contributed by atoms with Gasteiger partial charge in [-0.1, -0.05) is 15.9 Å². The van der Waals surface area contributed by atoms with Crippen molar-refractivity contribution in [2.45, 2.75) is 13.0 Å². The van der Waals surface area contributed by atoms with Gasteiger partial charge in [0, 0.05) is 16.4 Å². The predicted octanol–water partition coefficient (Wildman–Crippen LogP) is 2.17. The molecule has 4 nitrogen and oxygen atoms in total. The number of aromatic nitrogens is 1. The van der Waals surface area contributed by atoms with E-state index in [2.05, 4.69) is 20.9 Å². The number of amides is 1. The zero-order chi connectivity index (χ0) is 10.1. The quantitative estimate of drug-likeness (QED) is 0.778. The summed E-state index contributed by atoms with van der Waals surface area (Å²) in [5.74, 6) is 0. The van der Waals surface area contributed by atoms with Crippen molar-refractivity contribution in [3.8, 4) is 0 Å². The van der Waals surface area contributed by atoms with Crippen molar-refractivity contribution in [2.24, 2.45) is 0 Å². The molecule has 1 unspecified atom stereocenters. The fourth-order valence-corrected chi connectivity index (χ4v) is 2.32. The molecule has 6 heteroatoms. The summed E-state index contributed by atoms with van der Waals surface area (Å²) in [6, 6.07) is 0. The van der Waals surface area contributed by atoms with Gasteiger partial charge >= 0.3 is 6.09 Å². The zero-order valence-electron chi connectivity index (χ0n) is 7.57. The number of hydrogen-bond acceptors (Lipinski definition) is 4. The fraction of sp³-hybridized carbons (Fsp3) is 0.500. The number of rotatable bonds is 2. The number of anilines is 1. The largest absolute Gasteiger partial charge is 0.443 e. The third-order valence-electron chi connectivity index (χ3n) is 1.89. The first-order valence-corrected chi connectivity index (χ1v) is 6.11. The van der Waals surface area contributed by atoms with Crippen molar-refractivity contribution in [1.82, 2.24) is 4.98 Å². The Labute approximate surface area is 94.0 Å². The van der Waals surface area contributed by atoms with Gasteiger partial charge in [-0.2, -0.15) is 0 Å². The monoisotopic (exact) mass is 276 g/mol. The van der Waals surface area contributed by atoms with Crippen LogP contribution in [0.1, 0.15) is 4.88 Å². The highest BCUT2D eigenvalue weighted by Crippen LogP contribution is 2.26. The first kappa shape index (κ1) is 9.92. The van der Waals surface area contributed by atoms with Crippen molar-refractivity contribution in [3.05, 3.63) is 11.1 Å². The van der Waals surface area contributed by atoms with Crippen LogP contribution in [-0.4, -0.2) is 29.1 Å². The summed E-state index contributed by atoms with van der Waals surface area (Å²) >= 11 is 4.79. The molecule has 0 aliphatic carbocycles. The van der Waals surface area contributed by atoms with E-state index in [0.29, 0.717) is 11.9 Å². The van der Waals surface area contributed by atoms with Crippen molar-refractivity contribution in [1.29, 1.82) is 0 Å². The summed E-state index contributed by atoms with van der Waals surface area (Å²) in [5.41, 5.74) is 0. The lowest BCUT2D eigenvalue weighted by atomic mass is 10.4. The Morgan fingerprint density at radius 1 is 1.86 bits per heavy atom. The fourth-order valence-electron chi connectivity index (χ4n) is 1.23. The maximum absolute atomic E-state index is 11.4. The highest BCUT2D eigenvalue weighted by molar-refractivity contribution is 9.09. The first-order chi connectivity index (χ1) is 6.70. The summed E-state index contributed by atoms with van der Waals surface area (Å²) in [7, 11) is 0. The SMILES string of the molecule is Cc1cnc(N2CC(CBr)OC2=O)s1. The Morgan fingerprint density at radius 2 is 2.64 bits per heavy atom. The maximum Gasteiger partial charge on any atom is 0.416 e. The Morgan fingerprint density at radius 3 is 3.14 bits per heavy atom. The van der Waals surface area contributed by atoms with E-state index >= 15 is 0 Å². The first-order valence-electron chi connectivity index (χ1n) is 4.17. The number of halogens is 1. The van der Waals surface area contributed by atoms with E-state index in [0.717, 1.165) is 10.0 Å². The summed E-state index contributed by atoms with van der Waals surface area (Å²) < 4.78 is 5.09. The number of thiazole rings is 1. The molecule has 1 saturated heterocycles. The molecule has 0 saturated carbocycles. The van der Waals surface area contributed by atoms with Crippen LogP contribution in [0.4, 0.5) is 9.93 Å². The van der Waals surface area contributed by atoms with Gasteiger partial charge < -0.3 is 4.74 Å². The molecule has 0 bridgehead atoms. The molecule has 1 aromatic heterocycles. The number of carbonyl (C=O) groups is 1. The number of carbonyl (C=O) groups excluding carboxylic acids is 1. The van der Waals surface area contributed by atoms with Crippen LogP contribution in [0.25, 0.3) is 0 Å². The van der Waals surface area contributed by atoms with Crippen LogP contribution in [0.15, 0.2) is 6.20 Å². The minimum atomic E-state index is -0.302. The average molecular weight is 277 g/mol. The van der Waals surface area contributed by atoms with Crippen molar-refractivity contribution >= 4 is 38.5 Å². The van der Waals surface area contributed by atoms with E-state index in [4.69, 9.17) is 4.74 Å². The Balaban J connectivity index is 2.16. The molecular formula is C8H9BrN2O2S. The molecule has 0 aromatic carbocycles. The Hall–Kier alpha value is -0.620. The van der Waals surface area contributed by atoms with Gasteiger partial charge in [-0.15, -0.1) is 11.3 Å². The van der Waals surface area contributed by atoms with Gasteiger partial charge in [0.1, 0.15) is 6.10 Å². The number of ether oxygens (including phenoxy) is 1. The van der Waals surface area contributed by atoms with Crippen molar-refractivity contribution in [3.63, 3.8) is 0 Å². The Bertz CT molecular complexity index is 355. The minimum Gasteiger partial charge on any atom is -0.443 e. The number of nitrogens with zero attached hydrogens (tertiary/aromatic N) is 2. The van der Waals surface area contributed by atoms with Gasteiger partial charge in [0.15, 0.2) is 5.13 Å². The molecule has 1 aliphatic heterocycles. The van der Waals surface area contributed by atoms with Crippen LogP contribution < -0.4 is 4.90 Å². The van der Waals surface area contributed by atoms with Gasteiger partial charge in [0.25, 0.3) is 0 Å². The molecule has 76 valence electrons. The lowest BCUT2D eigenvalue weighted by molar-refractivity contribution is 0.152. The standard InChI is InChI=1S/C8H9BrN2O2S/c1-5-3-10-7(14-5)11-4-6(2-9)13-8(11)12/h3,6H,2,4H2,1H3. The lowest BCUT2D eigenvalue weighted by Crippen LogP contribution is -2.24. The number of alkyl halides is 1. The van der Waals surface area contributed by atoms with Crippen LogP contribution in [0.5, 0.6) is 0 Å². The summed E-state index contributed by atoms with van der Waals surface area (Å²) in [4.78, 5) is 18.2. The molecule has 14 heavy (non-hydrogen) atoms.